The van der Waals surface area contributed by atoms with Crippen molar-refractivity contribution in [3.05, 3.63) is 20.2 Å². The van der Waals surface area contributed by atoms with Gasteiger partial charge in [-0.05, 0) is 41.4 Å². The minimum atomic E-state index is 0.389. The normalized spacial score (nSPS) is 11.5. The van der Waals surface area contributed by atoms with Crippen LogP contribution in [-0.4, -0.2) is 9.97 Å². The van der Waals surface area contributed by atoms with Gasteiger partial charge in [0, 0.05) is 5.92 Å². The van der Waals surface area contributed by atoms with E-state index in [0.29, 0.717) is 17.0 Å². The molecule has 0 aliphatic carbocycles. The van der Waals surface area contributed by atoms with Gasteiger partial charge in [-0.3, -0.25) is 0 Å². The predicted molar refractivity (Wildman–Crippen MR) is 77.2 cm³/mol. The van der Waals surface area contributed by atoms with Crippen LogP contribution in [0.4, 0.5) is 0 Å². The summed E-state index contributed by atoms with van der Waals surface area (Å²) in [4.78, 5) is 9.08. The molecule has 1 aromatic heterocycles. The fourth-order valence-electron chi connectivity index (χ4n) is 1.67. The van der Waals surface area contributed by atoms with E-state index < -0.39 is 0 Å². The van der Waals surface area contributed by atoms with E-state index in [0.717, 1.165) is 27.9 Å². The van der Waals surface area contributed by atoms with E-state index in [2.05, 4.69) is 60.3 Å². The zero-order valence-corrected chi connectivity index (χ0v) is 13.1. The van der Waals surface area contributed by atoms with E-state index in [1.165, 1.54) is 0 Å². The van der Waals surface area contributed by atoms with E-state index in [1.807, 2.05) is 0 Å². The summed E-state index contributed by atoms with van der Waals surface area (Å²) in [5.41, 5.74) is 1.07. The molecule has 0 radical (unpaired) electrons. The molecule has 1 heterocycles. The first-order valence-electron chi connectivity index (χ1n) is 5.74. The van der Waals surface area contributed by atoms with Crippen molar-refractivity contribution in [1.82, 2.24) is 9.97 Å². The monoisotopic (exact) mass is 352 g/mol. The first-order valence-corrected chi connectivity index (χ1v) is 7.19. The van der Waals surface area contributed by atoms with Gasteiger partial charge in [0.25, 0.3) is 0 Å². The van der Waals surface area contributed by atoms with E-state index >= 15 is 0 Å². The SMILES string of the molecule is CCC(CC)c1nc(Cl)c(I)c(C(C)C)n1. The number of nitrogens with zero attached hydrogens (tertiary/aromatic N) is 2. The van der Waals surface area contributed by atoms with Crippen LogP contribution in [0, 0.1) is 3.57 Å². The van der Waals surface area contributed by atoms with Crippen molar-refractivity contribution >= 4 is 34.2 Å². The number of hydrogen-bond acceptors (Lipinski definition) is 2. The van der Waals surface area contributed by atoms with Crippen molar-refractivity contribution in [2.24, 2.45) is 0 Å². The van der Waals surface area contributed by atoms with Crippen LogP contribution in [-0.2, 0) is 0 Å². The van der Waals surface area contributed by atoms with Gasteiger partial charge in [0.15, 0.2) is 0 Å². The number of hydrogen-bond donors (Lipinski definition) is 0. The molecule has 16 heavy (non-hydrogen) atoms. The molecule has 0 amide bonds. The Balaban J connectivity index is 3.23. The lowest BCUT2D eigenvalue weighted by molar-refractivity contribution is 0.592. The third-order valence-electron chi connectivity index (χ3n) is 2.75. The Morgan fingerprint density at radius 3 is 2.19 bits per heavy atom. The smallest absolute Gasteiger partial charge is 0.146 e. The van der Waals surface area contributed by atoms with Gasteiger partial charge in [0.2, 0.25) is 0 Å². The van der Waals surface area contributed by atoms with Crippen molar-refractivity contribution in [2.75, 3.05) is 0 Å². The summed E-state index contributed by atoms with van der Waals surface area (Å²) in [7, 11) is 0. The molecule has 1 rings (SSSR count). The third-order valence-corrected chi connectivity index (χ3v) is 4.41. The number of aromatic nitrogens is 2. The molecule has 0 aromatic carbocycles. The molecule has 0 unspecified atom stereocenters. The first kappa shape index (κ1) is 14.2. The van der Waals surface area contributed by atoms with Gasteiger partial charge in [0.1, 0.15) is 11.0 Å². The van der Waals surface area contributed by atoms with Crippen LogP contribution in [0.25, 0.3) is 0 Å². The first-order chi connectivity index (χ1) is 7.51. The highest BCUT2D eigenvalue weighted by molar-refractivity contribution is 14.1. The van der Waals surface area contributed by atoms with Gasteiger partial charge in [0.05, 0.1) is 9.26 Å². The molecule has 0 spiro atoms. The van der Waals surface area contributed by atoms with Crippen molar-refractivity contribution in [3.63, 3.8) is 0 Å². The minimum absolute atomic E-state index is 0.389. The summed E-state index contributed by atoms with van der Waals surface area (Å²) in [5.74, 6) is 1.71. The Bertz CT molecular complexity index is 362. The van der Waals surface area contributed by atoms with Crippen LogP contribution in [0.15, 0.2) is 0 Å². The molecular formula is C12H18ClIN2. The van der Waals surface area contributed by atoms with Gasteiger partial charge in [-0.25, -0.2) is 9.97 Å². The van der Waals surface area contributed by atoms with Gasteiger partial charge in [-0.2, -0.15) is 0 Å². The van der Waals surface area contributed by atoms with Gasteiger partial charge >= 0.3 is 0 Å². The lowest BCUT2D eigenvalue weighted by Gasteiger charge is -2.15. The van der Waals surface area contributed by atoms with Crippen LogP contribution < -0.4 is 0 Å². The van der Waals surface area contributed by atoms with Crippen LogP contribution in [0.2, 0.25) is 5.15 Å². The van der Waals surface area contributed by atoms with Crippen molar-refractivity contribution in [1.29, 1.82) is 0 Å². The second kappa shape index (κ2) is 6.15. The molecule has 0 bridgehead atoms. The van der Waals surface area contributed by atoms with E-state index in [9.17, 15) is 0 Å². The molecular weight excluding hydrogens is 335 g/mol. The maximum absolute atomic E-state index is 6.16. The van der Waals surface area contributed by atoms with Crippen LogP contribution in [0.5, 0.6) is 0 Å². The fourth-order valence-corrected chi connectivity index (χ4v) is 2.72. The third kappa shape index (κ3) is 3.06. The summed E-state index contributed by atoms with van der Waals surface area (Å²) in [6.07, 6.45) is 2.12. The quantitative estimate of drug-likeness (QED) is 0.576. The Labute approximate surface area is 116 Å². The average molecular weight is 353 g/mol. The Morgan fingerprint density at radius 1 is 1.19 bits per heavy atom. The molecule has 0 saturated carbocycles. The summed E-state index contributed by atoms with van der Waals surface area (Å²) in [6, 6.07) is 0. The lowest BCUT2D eigenvalue weighted by atomic mass is 10.0. The zero-order chi connectivity index (χ0) is 12.3. The highest BCUT2D eigenvalue weighted by Crippen LogP contribution is 2.28. The zero-order valence-electron chi connectivity index (χ0n) is 10.2. The fraction of sp³-hybridized carbons (Fsp3) is 0.667. The van der Waals surface area contributed by atoms with Gasteiger partial charge in [-0.15, -0.1) is 0 Å². The van der Waals surface area contributed by atoms with Crippen LogP contribution in [0.1, 0.15) is 63.9 Å². The standard InChI is InChI=1S/C12H18ClIN2/c1-5-8(6-2)12-15-10(7(3)4)9(14)11(13)16-12/h7-8H,5-6H2,1-4H3. The highest BCUT2D eigenvalue weighted by atomic mass is 127. The second-order valence-electron chi connectivity index (χ2n) is 4.24. The number of rotatable bonds is 4. The molecule has 0 aliphatic heterocycles. The van der Waals surface area contributed by atoms with Crippen molar-refractivity contribution in [2.45, 2.75) is 52.4 Å². The Hall–Kier alpha value is 0.1000. The highest BCUT2D eigenvalue weighted by Gasteiger charge is 2.17. The summed E-state index contributed by atoms with van der Waals surface area (Å²) in [6.45, 7) is 8.60. The Morgan fingerprint density at radius 2 is 1.75 bits per heavy atom. The predicted octanol–water partition coefficient (Wildman–Crippen LogP) is 4.76. The lowest BCUT2D eigenvalue weighted by Crippen LogP contribution is -2.09. The van der Waals surface area contributed by atoms with Crippen molar-refractivity contribution < 1.29 is 0 Å². The number of halogens is 2. The van der Waals surface area contributed by atoms with E-state index in [1.54, 1.807) is 0 Å². The maximum atomic E-state index is 6.16. The molecule has 1 aromatic rings. The largest absolute Gasteiger partial charge is 0.236 e. The summed E-state index contributed by atoms with van der Waals surface area (Å²) >= 11 is 8.39. The Kier molecular flexibility index (Phi) is 5.44. The van der Waals surface area contributed by atoms with Crippen molar-refractivity contribution in [3.8, 4) is 0 Å². The second-order valence-corrected chi connectivity index (χ2v) is 5.68. The average Bonchev–Trinajstić information content (AvgIpc) is 2.24. The van der Waals surface area contributed by atoms with Gasteiger partial charge in [-0.1, -0.05) is 39.3 Å². The minimum Gasteiger partial charge on any atom is -0.236 e. The molecule has 0 N–H and O–H groups in total. The summed E-state index contributed by atoms with van der Waals surface area (Å²) in [5, 5.41) is 0.598. The molecule has 0 fully saturated rings. The molecule has 0 saturated heterocycles. The van der Waals surface area contributed by atoms with Crippen LogP contribution in [0.3, 0.4) is 0 Å². The molecule has 90 valence electrons. The molecule has 0 atom stereocenters. The molecule has 2 nitrogen and oxygen atoms in total. The molecule has 0 aliphatic rings. The summed E-state index contributed by atoms with van der Waals surface area (Å²) < 4.78 is 0.990. The topological polar surface area (TPSA) is 25.8 Å². The maximum Gasteiger partial charge on any atom is 0.146 e. The van der Waals surface area contributed by atoms with E-state index in [4.69, 9.17) is 11.6 Å². The van der Waals surface area contributed by atoms with Gasteiger partial charge < -0.3 is 0 Å². The van der Waals surface area contributed by atoms with E-state index in [-0.39, 0.29) is 0 Å². The van der Waals surface area contributed by atoms with Crippen LogP contribution >= 0.6 is 34.2 Å². The molecule has 4 heteroatoms.